The van der Waals surface area contributed by atoms with Gasteiger partial charge < -0.3 is 9.64 Å². The van der Waals surface area contributed by atoms with Crippen molar-refractivity contribution in [2.75, 3.05) is 18.6 Å². The van der Waals surface area contributed by atoms with Gasteiger partial charge in [-0.05, 0) is 24.1 Å². The molecule has 3 rings (SSSR count). The van der Waals surface area contributed by atoms with E-state index in [-0.39, 0.29) is 12.0 Å². The molecule has 6 heteroatoms. The third-order valence-corrected chi connectivity index (χ3v) is 4.03. The average molecular weight is 306 g/mol. The van der Waals surface area contributed by atoms with Gasteiger partial charge in [0.25, 0.3) is 0 Å². The van der Waals surface area contributed by atoms with Crippen molar-refractivity contribution in [2.45, 2.75) is 19.9 Å². The molecule has 1 atom stereocenters. The van der Waals surface area contributed by atoms with Crippen LogP contribution in [0.15, 0.2) is 28.2 Å². The molecule has 0 fully saturated rings. The summed E-state index contributed by atoms with van der Waals surface area (Å²) in [7, 11) is 1.36. The van der Waals surface area contributed by atoms with Gasteiger partial charge in [-0.3, -0.25) is 4.99 Å². The second-order valence-corrected chi connectivity index (χ2v) is 5.83. The highest BCUT2D eigenvalue weighted by molar-refractivity contribution is 6.85. The van der Waals surface area contributed by atoms with Crippen molar-refractivity contribution in [3.8, 4) is 0 Å². The average Bonchev–Trinajstić information content (AvgIpc) is 2.92. The highest BCUT2D eigenvalue weighted by Crippen LogP contribution is 2.37. The van der Waals surface area contributed by atoms with Crippen molar-refractivity contribution >= 4 is 40.0 Å². The minimum absolute atomic E-state index is 0.204. The van der Waals surface area contributed by atoms with E-state index in [1.807, 2.05) is 6.07 Å². The Kier molecular flexibility index (Phi) is 3.45. The maximum Gasteiger partial charge on any atom is 0.337 e. The molecule has 0 amide bonds. The van der Waals surface area contributed by atoms with Gasteiger partial charge in [-0.15, -0.1) is 0 Å². The number of anilines is 1. The second-order valence-electron chi connectivity index (χ2n) is 5.47. The minimum Gasteiger partial charge on any atom is -0.465 e. The lowest BCUT2D eigenvalue weighted by molar-refractivity contribution is 0.0601. The Morgan fingerprint density at radius 1 is 1.48 bits per heavy atom. The molecule has 2 aliphatic heterocycles. The molecule has 1 unspecified atom stereocenters. The quantitative estimate of drug-likeness (QED) is 0.789. The first-order valence-corrected chi connectivity index (χ1v) is 7.21. The smallest absolute Gasteiger partial charge is 0.337 e. The van der Waals surface area contributed by atoms with Crippen LogP contribution in [-0.2, 0) is 4.74 Å². The zero-order valence-electron chi connectivity index (χ0n) is 12.1. The summed E-state index contributed by atoms with van der Waals surface area (Å²) < 4.78 is 4.73. The third-order valence-electron chi connectivity index (χ3n) is 3.77. The van der Waals surface area contributed by atoms with Crippen LogP contribution >= 0.6 is 11.6 Å². The summed E-state index contributed by atoms with van der Waals surface area (Å²) in [6.45, 7) is 5.06. The zero-order chi connectivity index (χ0) is 15.1. The van der Waals surface area contributed by atoms with Crippen LogP contribution < -0.4 is 4.90 Å². The molecule has 5 nitrogen and oxygen atoms in total. The van der Waals surface area contributed by atoms with Gasteiger partial charge in [0.1, 0.15) is 0 Å². The summed E-state index contributed by atoms with van der Waals surface area (Å²) in [4.78, 5) is 22.7. The molecular formula is C15H16ClN3O2. The van der Waals surface area contributed by atoms with Gasteiger partial charge in [-0.1, -0.05) is 25.4 Å². The van der Waals surface area contributed by atoms with E-state index in [4.69, 9.17) is 16.3 Å². The molecular weight excluding hydrogens is 290 g/mol. The van der Waals surface area contributed by atoms with E-state index in [0.29, 0.717) is 28.2 Å². The molecule has 0 radical (unpaired) electrons. The minimum atomic E-state index is -0.384. The molecule has 0 bridgehead atoms. The number of esters is 1. The van der Waals surface area contributed by atoms with E-state index >= 15 is 0 Å². The Balaban J connectivity index is 2.03. The number of carbonyl (C=O) groups excluding carboxylic acids is 1. The van der Waals surface area contributed by atoms with Gasteiger partial charge in [-0.2, -0.15) is 0 Å². The van der Waals surface area contributed by atoms with Gasteiger partial charge >= 0.3 is 5.97 Å². The van der Waals surface area contributed by atoms with Crippen LogP contribution in [0.1, 0.15) is 24.2 Å². The molecule has 2 aliphatic rings. The summed E-state index contributed by atoms with van der Waals surface area (Å²) in [6.07, 6.45) is 0. The first kappa shape index (κ1) is 14.1. The number of carbonyl (C=O) groups is 1. The predicted molar refractivity (Wildman–Crippen MR) is 84.1 cm³/mol. The van der Waals surface area contributed by atoms with Gasteiger partial charge in [0.05, 0.1) is 30.1 Å². The Morgan fingerprint density at radius 2 is 2.24 bits per heavy atom. The van der Waals surface area contributed by atoms with E-state index in [9.17, 15) is 4.79 Å². The number of amidine groups is 1. The fourth-order valence-electron chi connectivity index (χ4n) is 2.52. The molecule has 0 saturated heterocycles. The SMILES string of the molecule is COC(=O)c1ccc2c(c1)N=C(Cl)C1=NC(C(C)C)CN12. The van der Waals surface area contributed by atoms with Crippen LogP contribution in [0.4, 0.5) is 11.4 Å². The standard InChI is InChI=1S/C15H16ClN3O2/c1-8(2)11-7-19-12-5-4-9(15(20)21-3)6-10(12)17-13(16)14(19)18-11/h4-6,8,11H,7H2,1-3H3. The fourth-order valence-corrected chi connectivity index (χ4v) is 2.76. The van der Waals surface area contributed by atoms with E-state index in [2.05, 4.69) is 28.7 Å². The van der Waals surface area contributed by atoms with Crippen molar-refractivity contribution in [3.63, 3.8) is 0 Å². The van der Waals surface area contributed by atoms with Gasteiger partial charge in [-0.25, -0.2) is 9.79 Å². The van der Waals surface area contributed by atoms with E-state index in [1.165, 1.54) is 7.11 Å². The Morgan fingerprint density at radius 3 is 2.90 bits per heavy atom. The first-order chi connectivity index (χ1) is 10.0. The van der Waals surface area contributed by atoms with Crippen molar-refractivity contribution in [3.05, 3.63) is 23.8 Å². The molecule has 2 heterocycles. The van der Waals surface area contributed by atoms with Gasteiger partial charge in [0, 0.05) is 6.54 Å². The highest BCUT2D eigenvalue weighted by atomic mass is 35.5. The Hall–Kier alpha value is -1.88. The van der Waals surface area contributed by atoms with Crippen LogP contribution in [0.2, 0.25) is 0 Å². The molecule has 1 aromatic rings. The Bertz CT molecular complexity index is 667. The van der Waals surface area contributed by atoms with E-state index < -0.39 is 0 Å². The van der Waals surface area contributed by atoms with Crippen LogP contribution in [0.3, 0.4) is 0 Å². The van der Waals surface area contributed by atoms with Crippen molar-refractivity contribution in [2.24, 2.45) is 15.9 Å². The zero-order valence-corrected chi connectivity index (χ0v) is 12.9. The molecule has 21 heavy (non-hydrogen) atoms. The summed E-state index contributed by atoms with van der Waals surface area (Å²) in [5.41, 5.74) is 2.06. The van der Waals surface area contributed by atoms with E-state index in [0.717, 1.165) is 12.2 Å². The number of halogens is 1. The number of ether oxygens (including phenoxy) is 1. The van der Waals surface area contributed by atoms with Gasteiger partial charge in [0.15, 0.2) is 11.0 Å². The first-order valence-electron chi connectivity index (χ1n) is 6.83. The molecule has 110 valence electrons. The number of aliphatic imine (C=N–C) groups is 2. The number of methoxy groups -OCH3 is 1. The van der Waals surface area contributed by atoms with E-state index in [1.54, 1.807) is 12.1 Å². The van der Waals surface area contributed by atoms with Crippen LogP contribution in [-0.4, -0.2) is 36.7 Å². The van der Waals surface area contributed by atoms with Crippen molar-refractivity contribution < 1.29 is 9.53 Å². The molecule has 0 saturated carbocycles. The summed E-state index contributed by atoms with van der Waals surface area (Å²) in [5.74, 6) is 0.768. The molecule has 1 aromatic carbocycles. The lowest BCUT2D eigenvalue weighted by Gasteiger charge is -2.26. The topological polar surface area (TPSA) is 54.3 Å². The molecule has 0 N–H and O–H groups in total. The lowest BCUT2D eigenvalue weighted by Crippen LogP contribution is -2.35. The Labute approximate surface area is 128 Å². The number of hydrogen-bond acceptors (Lipinski definition) is 5. The number of benzene rings is 1. The lowest BCUT2D eigenvalue weighted by atomic mass is 10.1. The second kappa shape index (κ2) is 5.15. The maximum absolute atomic E-state index is 11.6. The number of fused-ring (bicyclic) bond motifs is 3. The highest BCUT2D eigenvalue weighted by Gasteiger charge is 2.34. The normalized spacial score (nSPS) is 19.9. The van der Waals surface area contributed by atoms with Crippen LogP contribution in [0.5, 0.6) is 0 Å². The number of rotatable bonds is 2. The summed E-state index contributed by atoms with van der Waals surface area (Å²) in [5, 5.41) is 0.368. The van der Waals surface area contributed by atoms with Crippen molar-refractivity contribution in [1.82, 2.24) is 0 Å². The molecule has 0 spiro atoms. The summed E-state index contributed by atoms with van der Waals surface area (Å²) in [6, 6.07) is 5.50. The van der Waals surface area contributed by atoms with Crippen molar-refractivity contribution in [1.29, 1.82) is 0 Å². The third kappa shape index (κ3) is 2.31. The maximum atomic E-state index is 11.6. The van der Waals surface area contributed by atoms with Crippen LogP contribution in [0.25, 0.3) is 0 Å². The van der Waals surface area contributed by atoms with Crippen LogP contribution in [0, 0.1) is 5.92 Å². The van der Waals surface area contributed by atoms with Gasteiger partial charge in [0.2, 0.25) is 0 Å². The monoisotopic (exact) mass is 305 g/mol. The largest absolute Gasteiger partial charge is 0.465 e. The number of nitrogens with zero attached hydrogens (tertiary/aromatic N) is 3. The fraction of sp³-hybridized carbons (Fsp3) is 0.400. The molecule has 0 aromatic heterocycles. The summed E-state index contributed by atoms with van der Waals surface area (Å²) >= 11 is 6.24. The molecule has 0 aliphatic carbocycles. The number of hydrogen-bond donors (Lipinski definition) is 0. The predicted octanol–water partition coefficient (Wildman–Crippen LogP) is 3.00.